The molecule has 3 nitrogen and oxygen atoms in total. The maximum atomic E-state index is 9.49. The first kappa shape index (κ1) is 12.0. The Morgan fingerprint density at radius 3 is 2.47 bits per heavy atom. The fourth-order valence-electron chi connectivity index (χ4n) is 1.61. The highest BCUT2D eigenvalue weighted by atomic mass is 16.3. The Hall–Kier alpha value is -1.06. The van der Waals surface area contributed by atoms with E-state index in [-0.39, 0.29) is 0 Å². The van der Waals surface area contributed by atoms with Gasteiger partial charge in [0.05, 0.1) is 0 Å². The lowest BCUT2D eigenvalue weighted by Crippen LogP contribution is -2.22. The van der Waals surface area contributed by atoms with Crippen molar-refractivity contribution >= 4 is 0 Å². The zero-order valence-electron chi connectivity index (χ0n) is 9.53. The Bertz CT molecular complexity index is 308. The van der Waals surface area contributed by atoms with Crippen LogP contribution in [0.4, 0.5) is 0 Å². The van der Waals surface area contributed by atoms with Gasteiger partial charge in [-0.2, -0.15) is 0 Å². The molecule has 1 aromatic carbocycles. The maximum Gasteiger partial charge on any atom is 0.120 e. The fourth-order valence-corrected chi connectivity index (χ4v) is 1.61. The third-order valence-corrected chi connectivity index (χ3v) is 2.66. The average Bonchev–Trinajstić information content (AvgIpc) is 2.28. The molecule has 0 heterocycles. The third-order valence-electron chi connectivity index (χ3n) is 2.66. The predicted octanol–water partition coefficient (Wildman–Crippen LogP) is 1.69. The summed E-state index contributed by atoms with van der Waals surface area (Å²) in [5.41, 5.74) is 7.57. The highest BCUT2D eigenvalue weighted by Crippen LogP contribution is 2.18. The molecule has 0 amide bonds. The normalized spacial score (nSPS) is 10.9. The van der Waals surface area contributed by atoms with Crippen LogP contribution < -0.4 is 5.73 Å². The smallest absolute Gasteiger partial charge is 0.120 e. The van der Waals surface area contributed by atoms with Gasteiger partial charge in [-0.1, -0.05) is 19.9 Å². The van der Waals surface area contributed by atoms with E-state index in [0.717, 1.165) is 25.2 Å². The number of nitrogens with zero attached hydrogens (tertiary/aromatic N) is 1. The van der Waals surface area contributed by atoms with E-state index in [4.69, 9.17) is 5.73 Å². The van der Waals surface area contributed by atoms with Crippen LogP contribution in [0.3, 0.4) is 0 Å². The number of hydrogen-bond acceptors (Lipinski definition) is 3. The van der Waals surface area contributed by atoms with E-state index in [1.807, 2.05) is 12.1 Å². The lowest BCUT2D eigenvalue weighted by atomic mass is 10.1. The summed E-state index contributed by atoms with van der Waals surface area (Å²) in [5, 5.41) is 9.49. The van der Waals surface area contributed by atoms with Crippen LogP contribution in [0.2, 0.25) is 0 Å². The van der Waals surface area contributed by atoms with Crippen molar-refractivity contribution in [2.75, 3.05) is 13.1 Å². The van der Waals surface area contributed by atoms with E-state index in [1.54, 1.807) is 6.07 Å². The zero-order valence-corrected chi connectivity index (χ0v) is 9.53. The highest BCUT2D eigenvalue weighted by Gasteiger charge is 2.04. The standard InChI is InChI=1S/C12H20N2O/c1-3-14(4-2)9-10-5-6-12(15)11(7-10)8-13/h5-7,15H,3-4,8-9,13H2,1-2H3. The summed E-state index contributed by atoms with van der Waals surface area (Å²) in [6, 6.07) is 5.65. The number of nitrogens with two attached hydrogens (primary N) is 1. The van der Waals surface area contributed by atoms with Gasteiger partial charge in [0.25, 0.3) is 0 Å². The van der Waals surface area contributed by atoms with Gasteiger partial charge in [0.15, 0.2) is 0 Å². The monoisotopic (exact) mass is 208 g/mol. The van der Waals surface area contributed by atoms with E-state index < -0.39 is 0 Å². The summed E-state index contributed by atoms with van der Waals surface area (Å²) in [6.45, 7) is 7.67. The second kappa shape index (κ2) is 5.73. The zero-order chi connectivity index (χ0) is 11.3. The number of aromatic hydroxyl groups is 1. The van der Waals surface area contributed by atoms with E-state index in [1.165, 1.54) is 5.56 Å². The predicted molar refractivity (Wildman–Crippen MR) is 62.6 cm³/mol. The molecule has 0 unspecified atom stereocenters. The second-order valence-electron chi connectivity index (χ2n) is 3.63. The molecule has 3 heteroatoms. The van der Waals surface area contributed by atoms with Crippen molar-refractivity contribution in [1.29, 1.82) is 0 Å². The Morgan fingerprint density at radius 1 is 1.27 bits per heavy atom. The minimum absolute atomic E-state index is 0.292. The van der Waals surface area contributed by atoms with Gasteiger partial charge in [-0.05, 0) is 30.8 Å². The fraction of sp³-hybridized carbons (Fsp3) is 0.500. The highest BCUT2D eigenvalue weighted by molar-refractivity contribution is 5.35. The van der Waals surface area contributed by atoms with Crippen molar-refractivity contribution < 1.29 is 5.11 Å². The van der Waals surface area contributed by atoms with Crippen LogP contribution in [0.15, 0.2) is 18.2 Å². The molecule has 0 aliphatic rings. The number of phenolic OH excluding ortho intramolecular Hbond substituents is 1. The van der Waals surface area contributed by atoms with Crippen molar-refractivity contribution in [2.24, 2.45) is 5.73 Å². The van der Waals surface area contributed by atoms with Gasteiger partial charge in [-0.3, -0.25) is 4.90 Å². The topological polar surface area (TPSA) is 49.5 Å². The molecule has 0 aromatic heterocycles. The van der Waals surface area contributed by atoms with Crippen LogP contribution in [0.25, 0.3) is 0 Å². The average molecular weight is 208 g/mol. The molecule has 15 heavy (non-hydrogen) atoms. The lowest BCUT2D eigenvalue weighted by molar-refractivity contribution is 0.295. The Labute approximate surface area is 91.5 Å². The van der Waals surface area contributed by atoms with Crippen molar-refractivity contribution in [3.05, 3.63) is 29.3 Å². The number of benzene rings is 1. The minimum atomic E-state index is 0.292. The number of phenols is 1. The van der Waals surface area contributed by atoms with Gasteiger partial charge in [0.2, 0.25) is 0 Å². The van der Waals surface area contributed by atoms with Crippen LogP contribution in [-0.4, -0.2) is 23.1 Å². The number of rotatable bonds is 5. The van der Waals surface area contributed by atoms with E-state index in [9.17, 15) is 5.11 Å². The third kappa shape index (κ3) is 3.22. The van der Waals surface area contributed by atoms with Gasteiger partial charge < -0.3 is 10.8 Å². The summed E-state index contributed by atoms with van der Waals surface area (Å²) in [5.74, 6) is 0.292. The molecule has 0 saturated carbocycles. The summed E-state index contributed by atoms with van der Waals surface area (Å²) in [6.07, 6.45) is 0. The summed E-state index contributed by atoms with van der Waals surface area (Å²) in [7, 11) is 0. The SMILES string of the molecule is CCN(CC)Cc1ccc(O)c(CN)c1. The van der Waals surface area contributed by atoms with Crippen LogP contribution >= 0.6 is 0 Å². The van der Waals surface area contributed by atoms with Crippen LogP contribution in [0.1, 0.15) is 25.0 Å². The Kier molecular flexibility index (Phi) is 4.59. The van der Waals surface area contributed by atoms with E-state index in [0.29, 0.717) is 12.3 Å². The van der Waals surface area contributed by atoms with E-state index in [2.05, 4.69) is 18.7 Å². The van der Waals surface area contributed by atoms with Gasteiger partial charge in [-0.15, -0.1) is 0 Å². The van der Waals surface area contributed by atoms with Crippen molar-refractivity contribution in [3.8, 4) is 5.75 Å². The molecule has 3 N–H and O–H groups in total. The van der Waals surface area contributed by atoms with Gasteiger partial charge in [0.1, 0.15) is 5.75 Å². The molecule has 0 fully saturated rings. The second-order valence-corrected chi connectivity index (χ2v) is 3.63. The largest absolute Gasteiger partial charge is 0.508 e. The quantitative estimate of drug-likeness (QED) is 0.774. The van der Waals surface area contributed by atoms with Crippen LogP contribution in [0, 0.1) is 0 Å². The van der Waals surface area contributed by atoms with Crippen LogP contribution in [0.5, 0.6) is 5.75 Å². The molecule has 84 valence electrons. The molecule has 0 aliphatic heterocycles. The molecular formula is C12H20N2O. The lowest BCUT2D eigenvalue weighted by Gasteiger charge is -2.18. The molecule has 0 saturated heterocycles. The molecule has 0 spiro atoms. The maximum absolute atomic E-state index is 9.49. The molecule has 0 bridgehead atoms. The first-order chi connectivity index (χ1) is 7.21. The molecule has 0 aliphatic carbocycles. The molecule has 0 radical (unpaired) electrons. The summed E-state index contributed by atoms with van der Waals surface area (Å²) >= 11 is 0. The van der Waals surface area contributed by atoms with Crippen molar-refractivity contribution in [1.82, 2.24) is 4.90 Å². The first-order valence-corrected chi connectivity index (χ1v) is 5.44. The molecular weight excluding hydrogens is 188 g/mol. The Morgan fingerprint density at radius 2 is 1.93 bits per heavy atom. The van der Waals surface area contributed by atoms with Crippen molar-refractivity contribution in [3.63, 3.8) is 0 Å². The minimum Gasteiger partial charge on any atom is -0.508 e. The summed E-state index contributed by atoms with van der Waals surface area (Å²) < 4.78 is 0. The number of hydrogen-bond donors (Lipinski definition) is 2. The summed E-state index contributed by atoms with van der Waals surface area (Å²) in [4.78, 5) is 2.33. The van der Waals surface area contributed by atoms with Crippen molar-refractivity contribution in [2.45, 2.75) is 26.9 Å². The molecule has 1 aromatic rings. The first-order valence-electron chi connectivity index (χ1n) is 5.44. The van der Waals surface area contributed by atoms with Gasteiger partial charge >= 0.3 is 0 Å². The van der Waals surface area contributed by atoms with Gasteiger partial charge in [0, 0.05) is 18.7 Å². The van der Waals surface area contributed by atoms with Crippen LogP contribution in [-0.2, 0) is 13.1 Å². The molecule has 0 atom stereocenters. The Balaban J connectivity index is 2.77. The van der Waals surface area contributed by atoms with Gasteiger partial charge in [-0.25, -0.2) is 0 Å². The molecule has 1 rings (SSSR count). The van der Waals surface area contributed by atoms with E-state index >= 15 is 0 Å².